The lowest BCUT2D eigenvalue weighted by Gasteiger charge is -2.32. The van der Waals surface area contributed by atoms with Crippen molar-refractivity contribution in [3.63, 3.8) is 0 Å². The second-order valence-electron chi connectivity index (χ2n) is 7.63. The summed E-state index contributed by atoms with van der Waals surface area (Å²) >= 11 is 1.67. The Kier molecular flexibility index (Phi) is 6.34. The number of pyridine rings is 1. The summed E-state index contributed by atoms with van der Waals surface area (Å²) in [7, 11) is 0. The molecule has 4 rings (SSSR count). The highest BCUT2D eigenvalue weighted by Crippen LogP contribution is 2.32. The lowest BCUT2D eigenvalue weighted by atomic mass is 10.0. The highest BCUT2D eigenvalue weighted by molar-refractivity contribution is 7.98. The lowest BCUT2D eigenvalue weighted by molar-refractivity contribution is -0.133. The Labute approximate surface area is 175 Å². The number of likely N-dealkylation sites (tertiary alicyclic amines) is 1. The fourth-order valence-corrected chi connectivity index (χ4v) is 4.32. The van der Waals surface area contributed by atoms with Gasteiger partial charge in [0.1, 0.15) is 0 Å². The van der Waals surface area contributed by atoms with Crippen LogP contribution in [0.15, 0.2) is 53.7 Å². The van der Waals surface area contributed by atoms with Crippen molar-refractivity contribution in [1.82, 2.24) is 15.2 Å². The number of aromatic nitrogens is 1. The van der Waals surface area contributed by atoms with Gasteiger partial charge in [-0.05, 0) is 55.5 Å². The Hall–Kier alpha value is -2.54. The first-order chi connectivity index (χ1) is 14.2. The maximum absolute atomic E-state index is 12.4. The summed E-state index contributed by atoms with van der Waals surface area (Å²) in [4.78, 5) is 30.8. The van der Waals surface area contributed by atoms with Crippen LogP contribution in [0.2, 0.25) is 0 Å². The van der Waals surface area contributed by atoms with Crippen molar-refractivity contribution < 1.29 is 9.59 Å². The second kappa shape index (κ2) is 9.31. The summed E-state index contributed by atoms with van der Waals surface area (Å²) in [5.41, 5.74) is 1.91. The van der Waals surface area contributed by atoms with Gasteiger partial charge >= 0.3 is 6.03 Å². The number of anilines is 1. The number of thioether (sulfide) groups is 1. The molecule has 0 atom stereocenters. The minimum Gasteiger partial charge on any atom is -0.342 e. The monoisotopic (exact) mass is 410 g/mol. The van der Waals surface area contributed by atoms with Crippen LogP contribution < -0.4 is 10.6 Å². The third-order valence-corrected chi connectivity index (χ3v) is 6.29. The Bertz CT molecular complexity index is 849. The number of nitrogens with zero attached hydrogens (tertiary/aromatic N) is 2. The molecule has 1 aliphatic carbocycles. The number of urea groups is 1. The van der Waals surface area contributed by atoms with Crippen LogP contribution in [0.4, 0.5) is 10.5 Å². The first-order valence-electron chi connectivity index (χ1n) is 10.2. The van der Waals surface area contributed by atoms with Gasteiger partial charge < -0.3 is 15.5 Å². The average Bonchev–Trinajstić information content (AvgIpc) is 3.59. The van der Waals surface area contributed by atoms with Crippen LogP contribution in [-0.2, 0) is 10.5 Å². The molecule has 0 radical (unpaired) electrons. The average molecular weight is 411 g/mol. The molecule has 2 aliphatic rings. The number of carbonyl (C=O) groups is 2. The first kappa shape index (κ1) is 19.8. The number of hydrogen-bond donors (Lipinski definition) is 2. The maximum Gasteiger partial charge on any atom is 0.319 e. The normalized spacial score (nSPS) is 17.0. The summed E-state index contributed by atoms with van der Waals surface area (Å²) in [6, 6.07) is 13.7. The van der Waals surface area contributed by atoms with Gasteiger partial charge in [-0.2, -0.15) is 0 Å². The quantitative estimate of drug-likeness (QED) is 0.709. The van der Waals surface area contributed by atoms with Crippen LogP contribution in [0.3, 0.4) is 0 Å². The van der Waals surface area contributed by atoms with Gasteiger partial charge in [-0.25, -0.2) is 9.78 Å². The molecule has 2 N–H and O–H groups in total. The Morgan fingerprint density at radius 2 is 1.90 bits per heavy atom. The van der Waals surface area contributed by atoms with E-state index < -0.39 is 0 Å². The number of benzene rings is 1. The van der Waals surface area contributed by atoms with E-state index in [1.807, 2.05) is 47.4 Å². The molecular weight excluding hydrogens is 384 g/mol. The van der Waals surface area contributed by atoms with Gasteiger partial charge in [0.25, 0.3) is 0 Å². The van der Waals surface area contributed by atoms with Crippen molar-refractivity contribution in [2.24, 2.45) is 5.92 Å². The third kappa shape index (κ3) is 5.73. The van der Waals surface area contributed by atoms with E-state index in [1.54, 1.807) is 18.0 Å². The molecule has 2 fully saturated rings. The van der Waals surface area contributed by atoms with Gasteiger partial charge in [-0.1, -0.05) is 18.2 Å². The van der Waals surface area contributed by atoms with E-state index >= 15 is 0 Å². The zero-order chi connectivity index (χ0) is 20.1. The van der Waals surface area contributed by atoms with E-state index in [-0.39, 0.29) is 18.0 Å². The molecule has 2 aromatic rings. The molecule has 152 valence electrons. The predicted molar refractivity (Wildman–Crippen MR) is 115 cm³/mol. The molecule has 1 saturated heterocycles. The van der Waals surface area contributed by atoms with Crippen molar-refractivity contribution in [3.05, 3.63) is 54.2 Å². The van der Waals surface area contributed by atoms with Crippen molar-refractivity contribution in [2.75, 3.05) is 18.4 Å². The SMILES string of the molecule is O=C(Nc1cccc(CSc2ccccn2)c1)NC1CCN(C(=O)C2CC2)CC1. The van der Waals surface area contributed by atoms with E-state index in [0.717, 1.165) is 60.8 Å². The standard InChI is InChI=1S/C22H26N4O2S/c27-21(17-7-8-17)26-12-9-18(10-13-26)24-22(28)25-19-5-3-4-16(14-19)15-29-20-6-1-2-11-23-20/h1-6,11,14,17-18H,7-10,12-13,15H2,(H2,24,25,28). The topological polar surface area (TPSA) is 74.3 Å². The number of piperidine rings is 1. The van der Waals surface area contributed by atoms with E-state index in [4.69, 9.17) is 0 Å². The van der Waals surface area contributed by atoms with Crippen molar-refractivity contribution in [2.45, 2.75) is 42.5 Å². The van der Waals surface area contributed by atoms with Crippen molar-refractivity contribution >= 4 is 29.4 Å². The number of nitrogens with one attached hydrogen (secondary N) is 2. The molecule has 1 saturated carbocycles. The third-order valence-electron chi connectivity index (χ3n) is 5.28. The smallest absolute Gasteiger partial charge is 0.319 e. The zero-order valence-electron chi connectivity index (χ0n) is 16.3. The molecule has 1 aromatic carbocycles. The van der Waals surface area contributed by atoms with Gasteiger partial charge in [0.05, 0.1) is 5.03 Å². The molecule has 1 aromatic heterocycles. The number of hydrogen-bond acceptors (Lipinski definition) is 4. The van der Waals surface area contributed by atoms with Crippen molar-refractivity contribution in [1.29, 1.82) is 0 Å². The van der Waals surface area contributed by atoms with Crippen molar-refractivity contribution in [3.8, 4) is 0 Å². The number of rotatable bonds is 6. The van der Waals surface area contributed by atoms with E-state index in [0.29, 0.717) is 5.91 Å². The lowest BCUT2D eigenvalue weighted by Crippen LogP contribution is -2.47. The van der Waals surface area contributed by atoms with E-state index in [9.17, 15) is 9.59 Å². The van der Waals surface area contributed by atoms with Gasteiger partial charge in [-0.3, -0.25) is 4.79 Å². The molecule has 0 spiro atoms. The number of amides is 3. The summed E-state index contributed by atoms with van der Waals surface area (Å²) in [5, 5.41) is 6.96. The summed E-state index contributed by atoms with van der Waals surface area (Å²) < 4.78 is 0. The van der Waals surface area contributed by atoms with Crippen LogP contribution in [0, 0.1) is 5.92 Å². The molecule has 1 aliphatic heterocycles. The highest BCUT2D eigenvalue weighted by atomic mass is 32.2. The van der Waals surface area contributed by atoms with Gasteiger partial charge in [0.15, 0.2) is 0 Å². The predicted octanol–water partition coefficient (Wildman–Crippen LogP) is 3.90. The maximum atomic E-state index is 12.4. The molecular formula is C22H26N4O2S. The summed E-state index contributed by atoms with van der Waals surface area (Å²) in [6.45, 7) is 1.47. The number of carbonyl (C=O) groups excluding carboxylic acids is 2. The molecule has 7 heteroatoms. The minimum atomic E-state index is -0.188. The molecule has 6 nitrogen and oxygen atoms in total. The highest BCUT2D eigenvalue weighted by Gasteiger charge is 2.35. The molecule has 0 unspecified atom stereocenters. The minimum absolute atomic E-state index is 0.112. The Morgan fingerprint density at radius 3 is 2.62 bits per heavy atom. The van der Waals surface area contributed by atoms with Crippen LogP contribution in [0.1, 0.15) is 31.2 Å². The van der Waals surface area contributed by atoms with Crippen LogP contribution in [-0.4, -0.2) is 41.0 Å². The largest absolute Gasteiger partial charge is 0.342 e. The Morgan fingerprint density at radius 1 is 1.07 bits per heavy atom. The van der Waals surface area contributed by atoms with E-state index in [2.05, 4.69) is 15.6 Å². The zero-order valence-corrected chi connectivity index (χ0v) is 17.2. The van der Waals surface area contributed by atoms with E-state index in [1.165, 1.54) is 0 Å². The van der Waals surface area contributed by atoms with Gasteiger partial charge in [0, 0.05) is 42.7 Å². The summed E-state index contributed by atoms with van der Waals surface area (Å²) in [6.07, 6.45) is 5.49. The van der Waals surface area contributed by atoms with Crippen LogP contribution >= 0.6 is 11.8 Å². The Balaban J connectivity index is 1.23. The molecule has 2 heterocycles. The fraction of sp³-hybridized carbons (Fsp3) is 0.409. The fourth-order valence-electron chi connectivity index (χ4n) is 3.51. The molecule has 29 heavy (non-hydrogen) atoms. The first-order valence-corrected chi connectivity index (χ1v) is 11.1. The van der Waals surface area contributed by atoms with Gasteiger partial charge in [-0.15, -0.1) is 11.8 Å². The second-order valence-corrected chi connectivity index (χ2v) is 8.62. The summed E-state index contributed by atoms with van der Waals surface area (Å²) in [5.74, 6) is 1.36. The van der Waals surface area contributed by atoms with Gasteiger partial charge in [0.2, 0.25) is 5.91 Å². The molecule has 0 bridgehead atoms. The van der Waals surface area contributed by atoms with Crippen LogP contribution in [0.25, 0.3) is 0 Å². The molecule has 3 amide bonds. The van der Waals surface area contributed by atoms with Crippen LogP contribution in [0.5, 0.6) is 0 Å².